The van der Waals surface area contributed by atoms with Gasteiger partial charge in [0.05, 0.1) is 18.7 Å². The van der Waals surface area contributed by atoms with Crippen molar-refractivity contribution >= 4 is 11.9 Å². The highest BCUT2D eigenvalue weighted by Gasteiger charge is 2.40. The largest absolute Gasteiger partial charge is 0.493 e. The molecule has 0 bridgehead atoms. The Balaban J connectivity index is 2.09. The maximum absolute atomic E-state index is 12.7. The van der Waals surface area contributed by atoms with E-state index in [1.54, 1.807) is 7.05 Å². The summed E-state index contributed by atoms with van der Waals surface area (Å²) in [6.07, 6.45) is 2.76. The van der Waals surface area contributed by atoms with Gasteiger partial charge in [-0.15, -0.1) is 0 Å². The third-order valence-corrected chi connectivity index (χ3v) is 5.11. The summed E-state index contributed by atoms with van der Waals surface area (Å²) < 4.78 is 39.3. The zero-order chi connectivity index (χ0) is 21.6. The van der Waals surface area contributed by atoms with Crippen LogP contribution in [0.2, 0.25) is 0 Å². The van der Waals surface area contributed by atoms with Crippen LogP contribution < -0.4 is 9.47 Å². The minimum absolute atomic E-state index is 0.0124. The number of hydrogen-bond donors (Lipinski definition) is 0. The number of nitriles is 1. The van der Waals surface area contributed by atoms with E-state index in [1.807, 2.05) is 0 Å². The van der Waals surface area contributed by atoms with E-state index in [9.17, 15) is 23.6 Å². The third kappa shape index (κ3) is 5.13. The van der Waals surface area contributed by atoms with Crippen molar-refractivity contribution in [2.45, 2.75) is 57.3 Å². The Morgan fingerprint density at radius 3 is 2.41 bits per heavy atom. The van der Waals surface area contributed by atoms with Crippen LogP contribution in [0.15, 0.2) is 18.2 Å². The van der Waals surface area contributed by atoms with Crippen molar-refractivity contribution < 1.29 is 32.6 Å². The zero-order valence-corrected chi connectivity index (χ0v) is 16.6. The van der Waals surface area contributed by atoms with E-state index < -0.39 is 30.1 Å². The molecule has 1 aliphatic carbocycles. The summed E-state index contributed by atoms with van der Waals surface area (Å²) in [6, 6.07) is 5.84. The molecular formula is C20H24F2N2O5. The van der Waals surface area contributed by atoms with Crippen LogP contribution in [-0.2, 0) is 9.53 Å². The molecule has 0 radical (unpaired) electrons. The van der Waals surface area contributed by atoms with E-state index >= 15 is 0 Å². The molecule has 0 aliphatic heterocycles. The van der Waals surface area contributed by atoms with E-state index in [1.165, 1.54) is 31.1 Å². The molecule has 0 unspecified atom stereocenters. The summed E-state index contributed by atoms with van der Waals surface area (Å²) in [6.45, 7) is -1.61. The summed E-state index contributed by atoms with van der Waals surface area (Å²) >= 11 is 0. The van der Waals surface area contributed by atoms with Crippen LogP contribution in [0.1, 0.15) is 49.4 Å². The first kappa shape index (κ1) is 22.4. The number of amides is 1. The molecule has 0 heterocycles. The van der Waals surface area contributed by atoms with Gasteiger partial charge in [-0.25, -0.2) is 4.79 Å². The van der Waals surface area contributed by atoms with E-state index in [4.69, 9.17) is 9.47 Å². The third-order valence-electron chi connectivity index (χ3n) is 5.11. The van der Waals surface area contributed by atoms with Gasteiger partial charge in [-0.2, -0.15) is 14.0 Å². The lowest BCUT2D eigenvalue weighted by atomic mass is 9.81. The van der Waals surface area contributed by atoms with Gasteiger partial charge in [0, 0.05) is 7.05 Å². The fourth-order valence-corrected chi connectivity index (χ4v) is 3.41. The highest BCUT2D eigenvalue weighted by Crippen LogP contribution is 2.33. The molecule has 1 saturated carbocycles. The second-order valence-electron chi connectivity index (χ2n) is 6.89. The van der Waals surface area contributed by atoms with Crippen molar-refractivity contribution in [1.29, 1.82) is 5.26 Å². The standard InChI is InChI=1S/C20H24F2N2O5/c1-13(17(25)24(2)20(12-23)9-5-4-6-10-20)28-18(26)14-7-8-15(29-19(21)22)16(11-14)27-3/h7-8,11,13,19H,4-6,9-10H2,1-3H3/t13-/m0/s1. The van der Waals surface area contributed by atoms with Crippen molar-refractivity contribution in [2.24, 2.45) is 0 Å². The van der Waals surface area contributed by atoms with E-state index in [0.29, 0.717) is 12.8 Å². The lowest BCUT2D eigenvalue weighted by Crippen LogP contribution is -2.53. The van der Waals surface area contributed by atoms with Crippen LogP contribution in [0.4, 0.5) is 8.78 Å². The maximum atomic E-state index is 12.7. The van der Waals surface area contributed by atoms with E-state index in [0.717, 1.165) is 25.3 Å². The van der Waals surface area contributed by atoms with Gasteiger partial charge < -0.3 is 19.1 Å². The Morgan fingerprint density at radius 2 is 1.86 bits per heavy atom. The van der Waals surface area contributed by atoms with E-state index in [2.05, 4.69) is 10.8 Å². The molecule has 1 fully saturated rings. The number of likely N-dealkylation sites (N-methyl/N-ethyl adjacent to an activating group) is 1. The molecule has 1 atom stereocenters. The molecule has 1 aliphatic rings. The molecule has 2 rings (SSSR count). The molecule has 29 heavy (non-hydrogen) atoms. The summed E-state index contributed by atoms with van der Waals surface area (Å²) in [5.74, 6) is -1.60. The predicted molar refractivity (Wildman–Crippen MR) is 98.7 cm³/mol. The highest BCUT2D eigenvalue weighted by atomic mass is 19.3. The molecule has 158 valence electrons. The molecule has 9 heteroatoms. The summed E-state index contributed by atoms with van der Waals surface area (Å²) in [7, 11) is 2.79. The number of nitrogens with zero attached hydrogens (tertiary/aromatic N) is 2. The Labute approximate surface area is 168 Å². The first-order valence-electron chi connectivity index (χ1n) is 9.27. The molecule has 1 aromatic carbocycles. The van der Waals surface area contributed by atoms with Gasteiger partial charge >= 0.3 is 12.6 Å². The average molecular weight is 410 g/mol. The van der Waals surface area contributed by atoms with Gasteiger partial charge in [0.1, 0.15) is 5.54 Å². The van der Waals surface area contributed by atoms with Crippen molar-refractivity contribution in [3.8, 4) is 17.6 Å². The number of benzene rings is 1. The maximum Gasteiger partial charge on any atom is 0.387 e. The van der Waals surface area contributed by atoms with E-state index in [-0.39, 0.29) is 17.1 Å². The number of alkyl halides is 2. The first-order valence-corrected chi connectivity index (χ1v) is 9.27. The van der Waals surface area contributed by atoms with Crippen LogP contribution in [0.3, 0.4) is 0 Å². The smallest absolute Gasteiger partial charge is 0.387 e. The first-order chi connectivity index (χ1) is 13.7. The molecule has 0 N–H and O–H groups in total. The van der Waals surface area contributed by atoms with Crippen LogP contribution in [-0.4, -0.2) is 49.2 Å². The average Bonchev–Trinajstić information content (AvgIpc) is 2.72. The van der Waals surface area contributed by atoms with Crippen LogP contribution in [0, 0.1) is 11.3 Å². The number of hydrogen-bond acceptors (Lipinski definition) is 6. The van der Waals surface area contributed by atoms with Crippen molar-refractivity contribution in [3.63, 3.8) is 0 Å². The number of esters is 1. The summed E-state index contributed by atoms with van der Waals surface area (Å²) in [5, 5.41) is 9.62. The Hall–Kier alpha value is -2.89. The predicted octanol–water partition coefficient (Wildman–Crippen LogP) is 3.53. The molecule has 0 aromatic heterocycles. The fraction of sp³-hybridized carbons (Fsp3) is 0.550. The Bertz CT molecular complexity index is 788. The van der Waals surface area contributed by atoms with Gasteiger partial charge in [-0.1, -0.05) is 19.3 Å². The van der Waals surface area contributed by atoms with Crippen LogP contribution >= 0.6 is 0 Å². The van der Waals surface area contributed by atoms with Crippen molar-refractivity contribution in [3.05, 3.63) is 23.8 Å². The Kier molecular flexibility index (Phi) is 7.37. The van der Waals surface area contributed by atoms with Crippen LogP contribution in [0.5, 0.6) is 11.5 Å². The number of carbonyl (C=O) groups is 2. The zero-order valence-electron chi connectivity index (χ0n) is 16.6. The number of carbonyl (C=O) groups excluding carboxylic acids is 2. The van der Waals surface area contributed by atoms with Gasteiger partial charge in [-0.05, 0) is 38.0 Å². The molecule has 7 nitrogen and oxygen atoms in total. The normalized spacial score (nSPS) is 16.4. The molecular weight excluding hydrogens is 386 g/mol. The second kappa shape index (κ2) is 9.54. The number of rotatable bonds is 7. The fourth-order valence-electron chi connectivity index (χ4n) is 3.41. The van der Waals surface area contributed by atoms with Gasteiger partial charge in [0.15, 0.2) is 17.6 Å². The highest BCUT2D eigenvalue weighted by molar-refractivity contribution is 5.93. The minimum Gasteiger partial charge on any atom is -0.493 e. The lowest BCUT2D eigenvalue weighted by Gasteiger charge is -2.39. The number of methoxy groups -OCH3 is 1. The number of ether oxygens (including phenoxy) is 3. The molecule has 1 aromatic rings. The quantitative estimate of drug-likeness (QED) is 0.639. The summed E-state index contributed by atoms with van der Waals surface area (Å²) in [5.41, 5.74) is -0.883. The van der Waals surface area contributed by atoms with Crippen molar-refractivity contribution in [2.75, 3.05) is 14.2 Å². The van der Waals surface area contributed by atoms with Crippen LogP contribution in [0.25, 0.3) is 0 Å². The monoisotopic (exact) mass is 410 g/mol. The lowest BCUT2D eigenvalue weighted by molar-refractivity contribution is -0.143. The minimum atomic E-state index is -3.04. The Morgan fingerprint density at radius 1 is 1.21 bits per heavy atom. The van der Waals surface area contributed by atoms with Gasteiger partial charge in [0.25, 0.3) is 5.91 Å². The number of halogens is 2. The second-order valence-corrected chi connectivity index (χ2v) is 6.89. The molecule has 0 spiro atoms. The van der Waals surface area contributed by atoms with Crippen molar-refractivity contribution in [1.82, 2.24) is 4.90 Å². The summed E-state index contributed by atoms with van der Waals surface area (Å²) in [4.78, 5) is 26.5. The topological polar surface area (TPSA) is 88.9 Å². The van der Waals surface area contributed by atoms with Gasteiger partial charge in [-0.3, -0.25) is 4.79 Å². The molecule has 1 amide bonds. The SMILES string of the molecule is COc1cc(C(=O)O[C@@H](C)C(=O)N(C)C2(C#N)CCCCC2)ccc1OC(F)F. The van der Waals surface area contributed by atoms with Gasteiger partial charge in [0.2, 0.25) is 0 Å². The molecule has 0 saturated heterocycles.